The summed E-state index contributed by atoms with van der Waals surface area (Å²) in [5.41, 5.74) is 2.32. The van der Waals surface area contributed by atoms with E-state index in [0.29, 0.717) is 6.54 Å². The number of hydrogen-bond donors (Lipinski definition) is 1. The maximum atomic E-state index is 11.4. The van der Waals surface area contributed by atoms with E-state index in [1.54, 1.807) is 13.3 Å². The summed E-state index contributed by atoms with van der Waals surface area (Å²) in [5, 5.41) is 8.14. The van der Waals surface area contributed by atoms with Crippen molar-refractivity contribution in [3.63, 3.8) is 0 Å². The molecule has 0 saturated heterocycles. The highest BCUT2D eigenvalue weighted by atomic mass is 16.2. The first-order chi connectivity index (χ1) is 7.31. The van der Waals surface area contributed by atoms with Crippen LogP contribution in [0.1, 0.15) is 11.1 Å². The molecule has 4 nitrogen and oxygen atoms in total. The van der Waals surface area contributed by atoms with E-state index < -0.39 is 0 Å². The zero-order chi connectivity index (χ0) is 10.7. The summed E-state index contributed by atoms with van der Waals surface area (Å²) in [6.45, 7) is 0.618. The number of nitrogens with one attached hydrogen (secondary N) is 1. The lowest BCUT2D eigenvalue weighted by Gasteiger charge is -2.13. The van der Waals surface area contributed by atoms with Gasteiger partial charge in [0.25, 0.3) is 0 Å². The highest BCUT2D eigenvalue weighted by molar-refractivity contribution is 5.84. The van der Waals surface area contributed by atoms with Crippen LogP contribution in [0.25, 0.3) is 0 Å². The molecule has 2 rings (SSSR count). The Morgan fingerprint density at radius 3 is 3.07 bits per heavy atom. The monoisotopic (exact) mass is 203 g/mol. The maximum absolute atomic E-state index is 11.4. The number of benzene rings is 1. The van der Waals surface area contributed by atoms with Crippen molar-refractivity contribution in [1.29, 1.82) is 0 Å². The molecule has 1 aromatic rings. The molecule has 15 heavy (non-hydrogen) atoms. The first kappa shape index (κ1) is 9.71. The fraction of sp³-hybridized carbons (Fsp3) is 0.273. The highest BCUT2D eigenvalue weighted by Crippen LogP contribution is 2.11. The van der Waals surface area contributed by atoms with E-state index >= 15 is 0 Å². The lowest BCUT2D eigenvalue weighted by atomic mass is 10.1. The van der Waals surface area contributed by atoms with E-state index in [1.165, 1.54) is 10.6 Å². The molecule has 0 fully saturated rings. The van der Waals surface area contributed by atoms with Crippen LogP contribution in [0.4, 0.5) is 4.79 Å². The van der Waals surface area contributed by atoms with Crippen molar-refractivity contribution < 1.29 is 4.79 Å². The standard InChI is InChI=1S/C11H13N3O/c1-12-11(15)14-7-6-9-4-2-3-5-10(9)8-13-14/h2-5,8H,6-7H2,1H3,(H,12,15). The van der Waals surface area contributed by atoms with Gasteiger partial charge in [-0.15, -0.1) is 0 Å². The summed E-state index contributed by atoms with van der Waals surface area (Å²) >= 11 is 0. The average molecular weight is 203 g/mol. The fourth-order valence-corrected chi connectivity index (χ4v) is 1.59. The molecule has 0 spiro atoms. The summed E-state index contributed by atoms with van der Waals surface area (Å²) in [7, 11) is 1.61. The molecule has 0 radical (unpaired) electrons. The van der Waals surface area contributed by atoms with Gasteiger partial charge in [0.2, 0.25) is 0 Å². The minimum Gasteiger partial charge on any atom is -0.340 e. The fourth-order valence-electron chi connectivity index (χ4n) is 1.59. The van der Waals surface area contributed by atoms with E-state index in [4.69, 9.17) is 0 Å². The van der Waals surface area contributed by atoms with Crippen molar-refractivity contribution in [2.45, 2.75) is 6.42 Å². The third-order valence-corrected chi connectivity index (χ3v) is 2.43. The lowest BCUT2D eigenvalue weighted by Crippen LogP contribution is -2.35. The Kier molecular flexibility index (Phi) is 2.67. The van der Waals surface area contributed by atoms with Gasteiger partial charge >= 0.3 is 6.03 Å². The van der Waals surface area contributed by atoms with Crippen LogP contribution in [0, 0.1) is 0 Å². The van der Waals surface area contributed by atoms with Crippen molar-refractivity contribution in [2.75, 3.05) is 13.6 Å². The largest absolute Gasteiger partial charge is 0.340 e. The topological polar surface area (TPSA) is 44.7 Å². The number of hydrogen-bond acceptors (Lipinski definition) is 2. The molecule has 0 atom stereocenters. The minimum atomic E-state index is -0.168. The number of hydrazone groups is 1. The van der Waals surface area contributed by atoms with Gasteiger partial charge in [0, 0.05) is 7.05 Å². The second-order valence-corrected chi connectivity index (χ2v) is 3.37. The van der Waals surface area contributed by atoms with Crippen LogP contribution in [0.5, 0.6) is 0 Å². The Morgan fingerprint density at radius 2 is 2.27 bits per heavy atom. The molecule has 0 aliphatic carbocycles. The van der Waals surface area contributed by atoms with Gasteiger partial charge in [0.1, 0.15) is 0 Å². The van der Waals surface area contributed by atoms with Crippen LogP contribution in [-0.2, 0) is 6.42 Å². The Bertz CT molecular complexity index is 401. The number of nitrogens with zero attached hydrogens (tertiary/aromatic N) is 2. The first-order valence-electron chi connectivity index (χ1n) is 4.92. The first-order valence-corrected chi connectivity index (χ1v) is 4.92. The second kappa shape index (κ2) is 4.13. The predicted molar refractivity (Wildman–Crippen MR) is 58.9 cm³/mol. The van der Waals surface area contributed by atoms with Gasteiger partial charge in [-0.25, -0.2) is 9.80 Å². The smallest absolute Gasteiger partial charge is 0.337 e. The van der Waals surface area contributed by atoms with Crippen LogP contribution < -0.4 is 5.32 Å². The van der Waals surface area contributed by atoms with Crippen LogP contribution in [0.3, 0.4) is 0 Å². The number of rotatable bonds is 0. The molecule has 1 N–H and O–H groups in total. The Morgan fingerprint density at radius 1 is 1.47 bits per heavy atom. The SMILES string of the molecule is CNC(=O)N1CCc2ccccc2C=N1. The van der Waals surface area contributed by atoms with Gasteiger partial charge in [0.05, 0.1) is 12.8 Å². The summed E-state index contributed by atoms with van der Waals surface area (Å²) in [5.74, 6) is 0. The molecule has 2 amide bonds. The van der Waals surface area contributed by atoms with Crippen LogP contribution >= 0.6 is 0 Å². The summed E-state index contributed by atoms with van der Waals surface area (Å²) in [4.78, 5) is 11.4. The van der Waals surface area contributed by atoms with Crippen LogP contribution in [0.15, 0.2) is 29.4 Å². The van der Waals surface area contributed by atoms with Crippen molar-refractivity contribution in [2.24, 2.45) is 5.10 Å². The van der Waals surface area contributed by atoms with Crippen molar-refractivity contribution >= 4 is 12.2 Å². The summed E-state index contributed by atoms with van der Waals surface area (Å²) in [6, 6.07) is 7.88. The number of carbonyl (C=O) groups is 1. The van der Waals surface area contributed by atoms with E-state index in [2.05, 4.69) is 16.5 Å². The third kappa shape index (κ3) is 1.98. The minimum absolute atomic E-state index is 0.168. The molecular weight excluding hydrogens is 190 g/mol. The third-order valence-electron chi connectivity index (χ3n) is 2.43. The summed E-state index contributed by atoms with van der Waals surface area (Å²) < 4.78 is 0. The summed E-state index contributed by atoms with van der Waals surface area (Å²) in [6.07, 6.45) is 2.57. The van der Waals surface area contributed by atoms with E-state index in [9.17, 15) is 4.79 Å². The zero-order valence-electron chi connectivity index (χ0n) is 8.60. The molecule has 4 heteroatoms. The Labute approximate surface area is 88.6 Å². The maximum Gasteiger partial charge on any atom is 0.337 e. The molecule has 0 aromatic heterocycles. The van der Waals surface area contributed by atoms with Crippen molar-refractivity contribution in [3.05, 3.63) is 35.4 Å². The molecule has 1 aliphatic rings. The molecule has 1 heterocycles. The molecule has 0 saturated carbocycles. The molecule has 1 aliphatic heterocycles. The van der Waals surface area contributed by atoms with Gasteiger partial charge in [-0.3, -0.25) is 0 Å². The quantitative estimate of drug-likeness (QED) is 0.677. The average Bonchev–Trinajstić information content (AvgIpc) is 2.50. The number of amides is 2. The van der Waals surface area contributed by atoms with E-state index in [0.717, 1.165) is 12.0 Å². The molecule has 78 valence electrons. The van der Waals surface area contributed by atoms with E-state index in [1.807, 2.05) is 18.2 Å². The van der Waals surface area contributed by atoms with Crippen molar-refractivity contribution in [3.8, 4) is 0 Å². The second-order valence-electron chi connectivity index (χ2n) is 3.37. The van der Waals surface area contributed by atoms with Gasteiger partial charge in [-0.05, 0) is 17.5 Å². The van der Waals surface area contributed by atoms with E-state index in [-0.39, 0.29) is 6.03 Å². The Balaban J connectivity index is 2.22. The zero-order valence-corrected chi connectivity index (χ0v) is 8.60. The number of urea groups is 1. The molecule has 0 bridgehead atoms. The predicted octanol–water partition coefficient (Wildman–Crippen LogP) is 1.22. The van der Waals surface area contributed by atoms with Crippen LogP contribution in [-0.4, -0.2) is 30.8 Å². The highest BCUT2D eigenvalue weighted by Gasteiger charge is 2.13. The van der Waals surface area contributed by atoms with Gasteiger partial charge in [-0.2, -0.15) is 5.10 Å². The molecule has 1 aromatic carbocycles. The normalized spacial score (nSPS) is 14.3. The molecular formula is C11H13N3O. The number of carbonyl (C=O) groups excluding carboxylic acids is 1. The number of fused-ring (bicyclic) bond motifs is 1. The van der Waals surface area contributed by atoms with Gasteiger partial charge in [0.15, 0.2) is 0 Å². The Hall–Kier alpha value is -1.84. The van der Waals surface area contributed by atoms with Crippen molar-refractivity contribution in [1.82, 2.24) is 10.3 Å². The molecule has 0 unspecified atom stereocenters. The van der Waals surface area contributed by atoms with Gasteiger partial charge in [-0.1, -0.05) is 24.3 Å². The van der Waals surface area contributed by atoms with Crippen LogP contribution in [0.2, 0.25) is 0 Å². The lowest BCUT2D eigenvalue weighted by molar-refractivity contribution is 0.204. The van der Waals surface area contributed by atoms with Gasteiger partial charge < -0.3 is 5.32 Å².